The Morgan fingerprint density at radius 3 is 2.68 bits per heavy atom. The molecule has 1 aromatic rings. The van der Waals surface area contributed by atoms with Gasteiger partial charge in [-0.25, -0.2) is 9.59 Å². The molecule has 3 N–H and O–H groups in total. The van der Waals surface area contributed by atoms with Crippen LogP contribution in [0.4, 0.5) is 10.5 Å². The fraction of sp³-hybridized carbons (Fsp3) is 0.550. The molecule has 2 rings (SSSR count). The summed E-state index contributed by atoms with van der Waals surface area (Å²) >= 11 is 0. The third kappa shape index (κ3) is 6.23. The Morgan fingerprint density at radius 2 is 2.04 bits per heavy atom. The molecule has 0 aromatic heterocycles. The SMILES string of the molecule is COCc1cc(NC(=O)C2CCCN(C(=O)NCC(C)C)C2)cc(C(=O)O)c1. The van der Waals surface area contributed by atoms with Crippen LogP contribution in [0.1, 0.15) is 42.6 Å². The van der Waals surface area contributed by atoms with E-state index in [0.717, 1.165) is 6.42 Å². The van der Waals surface area contributed by atoms with E-state index in [9.17, 15) is 19.5 Å². The van der Waals surface area contributed by atoms with Gasteiger partial charge in [0, 0.05) is 32.4 Å². The molecule has 1 atom stereocenters. The monoisotopic (exact) mass is 391 g/mol. The van der Waals surface area contributed by atoms with Crippen LogP contribution in [0.25, 0.3) is 0 Å². The van der Waals surface area contributed by atoms with Crippen LogP contribution in [0.3, 0.4) is 0 Å². The highest BCUT2D eigenvalue weighted by Crippen LogP contribution is 2.21. The molecule has 1 fully saturated rings. The van der Waals surface area contributed by atoms with E-state index in [1.54, 1.807) is 11.0 Å². The number of amides is 3. The average Bonchev–Trinajstić information content (AvgIpc) is 2.66. The number of benzene rings is 1. The molecule has 3 amide bonds. The summed E-state index contributed by atoms with van der Waals surface area (Å²) < 4.78 is 5.06. The highest BCUT2D eigenvalue weighted by molar-refractivity contribution is 5.95. The minimum Gasteiger partial charge on any atom is -0.478 e. The predicted molar refractivity (Wildman–Crippen MR) is 105 cm³/mol. The number of anilines is 1. The number of carboxylic acid groups (broad SMARTS) is 1. The van der Waals surface area contributed by atoms with E-state index in [4.69, 9.17) is 4.74 Å². The van der Waals surface area contributed by atoms with Gasteiger partial charge in [-0.05, 0) is 42.5 Å². The van der Waals surface area contributed by atoms with Crippen LogP contribution in [-0.4, -0.2) is 54.7 Å². The molecule has 0 radical (unpaired) electrons. The summed E-state index contributed by atoms with van der Waals surface area (Å²) in [6.45, 7) is 5.86. The van der Waals surface area contributed by atoms with Crippen molar-refractivity contribution < 1.29 is 24.2 Å². The number of nitrogens with one attached hydrogen (secondary N) is 2. The van der Waals surface area contributed by atoms with Crippen LogP contribution < -0.4 is 10.6 Å². The van der Waals surface area contributed by atoms with Crippen LogP contribution in [0.15, 0.2) is 18.2 Å². The molecule has 1 aliphatic rings. The summed E-state index contributed by atoms with van der Waals surface area (Å²) in [6.07, 6.45) is 1.43. The largest absolute Gasteiger partial charge is 0.478 e. The Kier molecular flexibility index (Phi) is 7.80. The molecule has 0 saturated carbocycles. The fourth-order valence-electron chi connectivity index (χ4n) is 3.16. The Hall–Kier alpha value is -2.61. The van der Waals surface area contributed by atoms with Gasteiger partial charge < -0.3 is 25.4 Å². The number of nitrogens with zero attached hydrogens (tertiary/aromatic N) is 1. The summed E-state index contributed by atoms with van der Waals surface area (Å²) in [4.78, 5) is 38.0. The summed E-state index contributed by atoms with van der Waals surface area (Å²) in [7, 11) is 1.52. The summed E-state index contributed by atoms with van der Waals surface area (Å²) in [6, 6.07) is 4.49. The van der Waals surface area contributed by atoms with Crippen LogP contribution in [0, 0.1) is 11.8 Å². The quantitative estimate of drug-likeness (QED) is 0.662. The van der Waals surface area contributed by atoms with Crippen molar-refractivity contribution in [1.82, 2.24) is 10.2 Å². The van der Waals surface area contributed by atoms with E-state index in [0.29, 0.717) is 43.2 Å². The lowest BCUT2D eigenvalue weighted by Crippen LogP contribution is -2.48. The zero-order chi connectivity index (χ0) is 20.7. The Morgan fingerprint density at radius 1 is 1.29 bits per heavy atom. The molecule has 8 nitrogen and oxygen atoms in total. The molecule has 1 unspecified atom stereocenters. The fourth-order valence-corrected chi connectivity index (χ4v) is 3.16. The average molecular weight is 391 g/mol. The van der Waals surface area contributed by atoms with E-state index < -0.39 is 5.97 Å². The number of carbonyl (C=O) groups is 3. The topological polar surface area (TPSA) is 108 Å². The molecule has 28 heavy (non-hydrogen) atoms. The lowest BCUT2D eigenvalue weighted by Gasteiger charge is -2.32. The number of carboxylic acids is 1. The van der Waals surface area contributed by atoms with Crippen molar-refractivity contribution in [2.45, 2.75) is 33.3 Å². The van der Waals surface area contributed by atoms with E-state index in [1.807, 2.05) is 13.8 Å². The third-order valence-electron chi connectivity index (χ3n) is 4.56. The Balaban J connectivity index is 2.03. The molecule has 154 valence electrons. The van der Waals surface area contributed by atoms with Crippen LogP contribution >= 0.6 is 0 Å². The van der Waals surface area contributed by atoms with Gasteiger partial charge in [0.1, 0.15) is 0 Å². The first-order valence-corrected chi connectivity index (χ1v) is 9.50. The van der Waals surface area contributed by atoms with E-state index in [-0.39, 0.29) is 30.0 Å². The minimum absolute atomic E-state index is 0.0863. The molecule has 1 saturated heterocycles. The Labute approximate surface area is 165 Å². The lowest BCUT2D eigenvalue weighted by atomic mass is 9.97. The number of ether oxygens (including phenoxy) is 1. The van der Waals surface area contributed by atoms with Gasteiger partial charge in [0.2, 0.25) is 5.91 Å². The second-order valence-corrected chi connectivity index (χ2v) is 7.51. The van der Waals surface area contributed by atoms with E-state index in [2.05, 4.69) is 10.6 Å². The number of piperidine rings is 1. The lowest BCUT2D eigenvalue weighted by molar-refractivity contribution is -0.121. The predicted octanol–water partition coefficient (Wildman–Crippen LogP) is 2.55. The second kappa shape index (κ2) is 10.1. The van der Waals surface area contributed by atoms with Crippen molar-refractivity contribution in [2.75, 3.05) is 32.1 Å². The first-order chi connectivity index (χ1) is 13.3. The molecule has 8 heteroatoms. The van der Waals surface area contributed by atoms with Crippen molar-refractivity contribution in [1.29, 1.82) is 0 Å². The highest BCUT2D eigenvalue weighted by Gasteiger charge is 2.28. The van der Waals surface area contributed by atoms with Gasteiger partial charge in [0.15, 0.2) is 0 Å². The third-order valence-corrected chi connectivity index (χ3v) is 4.56. The molecule has 0 spiro atoms. The Bertz CT molecular complexity index is 720. The smallest absolute Gasteiger partial charge is 0.335 e. The molecule has 1 aromatic carbocycles. The van der Waals surface area contributed by atoms with Gasteiger partial charge in [0.25, 0.3) is 0 Å². The van der Waals surface area contributed by atoms with Crippen molar-refractivity contribution in [3.05, 3.63) is 29.3 Å². The highest BCUT2D eigenvalue weighted by atomic mass is 16.5. The number of carbonyl (C=O) groups excluding carboxylic acids is 2. The molecule has 0 bridgehead atoms. The number of rotatable bonds is 7. The number of methoxy groups -OCH3 is 1. The maximum atomic E-state index is 12.7. The van der Waals surface area contributed by atoms with Crippen molar-refractivity contribution in [3.63, 3.8) is 0 Å². The van der Waals surface area contributed by atoms with Crippen LogP contribution in [-0.2, 0) is 16.1 Å². The number of hydrogen-bond donors (Lipinski definition) is 3. The summed E-state index contributed by atoms with van der Waals surface area (Å²) in [5, 5.41) is 14.9. The summed E-state index contributed by atoms with van der Waals surface area (Å²) in [5.74, 6) is -1.26. The maximum absolute atomic E-state index is 12.7. The van der Waals surface area contributed by atoms with Gasteiger partial charge >= 0.3 is 12.0 Å². The number of aromatic carboxylic acids is 1. The number of hydrogen-bond acceptors (Lipinski definition) is 4. The van der Waals surface area contributed by atoms with Crippen molar-refractivity contribution in [3.8, 4) is 0 Å². The van der Waals surface area contributed by atoms with Gasteiger partial charge in [-0.3, -0.25) is 4.79 Å². The van der Waals surface area contributed by atoms with Crippen LogP contribution in [0.5, 0.6) is 0 Å². The first kappa shape index (κ1) is 21.7. The van der Waals surface area contributed by atoms with E-state index >= 15 is 0 Å². The number of urea groups is 1. The minimum atomic E-state index is -1.07. The second-order valence-electron chi connectivity index (χ2n) is 7.51. The number of likely N-dealkylation sites (tertiary alicyclic amines) is 1. The van der Waals surface area contributed by atoms with Crippen LogP contribution in [0.2, 0.25) is 0 Å². The van der Waals surface area contributed by atoms with Gasteiger partial charge in [-0.15, -0.1) is 0 Å². The summed E-state index contributed by atoms with van der Waals surface area (Å²) in [5.41, 5.74) is 1.16. The first-order valence-electron chi connectivity index (χ1n) is 9.50. The molecule has 1 heterocycles. The zero-order valence-corrected chi connectivity index (χ0v) is 16.7. The molecule has 0 aliphatic carbocycles. The van der Waals surface area contributed by atoms with Gasteiger partial charge in [-0.1, -0.05) is 13.8 Å². The molecular weight excluding hydrogens is 362 g/mol. The normalized spacial score (nSPS) is 16.7. The molecular formula is C20H29N3O5. The zero-order valence-electron chi connectivity index (χ0n) is 16.7. The van der Waals surface area contributed by atoms with Crippen molar-refractivity contribution in [2.24, 2.45) is 11.8 Å². The van der Waals surface area contributed by atoms with Crippen molar-refractivity contribution >= 4 is 23.6 Å². The maximum Gasteiger partial charge on any atom is 0.335 e. The van der Waals surface area contributed by atoms with Gasteiger partial charge in [0.05, 0.1) is 18.1 Å². The molecule has 1 aliphatic heterocycles. The standard InChI is InChI=1S/C20H29N3O5/c1-13(2)10-21-20(27)23-6-4-5-15(11-23)18(24)22-17-8-14(12-28-3)7-16(9-17)19(25)26/h7-9,13,15H,4-6,10-12H2,1-3H3,(H,21,27)(H,22,24)(H,25,26). The van der Waals surface area contributed by atoms with Gasteiger partial charge in [-0.2, -0.15) is 0 Å². The van der Waals surface area contributed by atoms with E-state index in [1.165, 1.54) is 19.2 Å².